The number of hydrogen-bond acceptors (Lipinski definition) is 6. The smallest absolute Gasteiger partial charge is 0.226 e. The Balaban J connectivity index is 1.94. The molecule has 0 saturated carbocycles. The predicted molar refractivity (Wildman–Crippen MR) is 108 cm³/mol. The first kappa shape index (κ1) is 19.0. The van der Waals surface area contributed by atoms with Gasteiger partial charge in [-0.15, -0.1) is 10.2 Å². The van der Waals surface area contributed by atoms with E-state index in [4.69, 9.17) is 4.98 Å². The highest BCUT2D eigenvalue weighted by Gasteiger charge is 2.14. The van der Waals surface area contributed by atoms with Gasteiger partial charge in [0.15, 0.2) is 5.82 Å². The first-order valence-electron chi connectivity index (χ1n) is 9.36. The van der Waals surface area contributed by atoms with Crippen LogP contribution >= 0.6 is 0 Å². The highest BCUT2D eigenvalue weighted by atomic mass is 16.1. The second-order valence-electron chi connectivity index (χ2n) is 6.95. The van der Waals surface area contributed by atoms with Crippen LogP contribution in [0.1, 0.15) is 32.5 Å². The van der Waals surface area contributed by atoms with Gasteiger partial charge in [0, 0.05) is 18.2 Å². The van der Waals surface area contributed by atoms with Crippen LogP contribution in [0.4, 0.5) is 11.5 Å². The molecule has 0 spiro atoms. The summed E-state index contributed by atoms with van der Waals surface area (Å²) in [6, 6.07) is 5.71. The van der Waals surface area contributed by atoms with Crippen molar-refractivity contribution in [2.24, 2.45) is 5.92 Å². The lowest BCUT2D eigenvalue weighted by molar-refractivity contribution is -0.118. The summed E-state index contributed by atoms with van der Waals surface area (Å²) in [6.07, 6.45) is 2.14. The lowest BCUT2D eigenvalue weighted by Crippen LogP contribution is -2.17. The molecule has 3 rings (SSSR count). The van der Waals surface area contributed by atoms with E-state index < -0.39 is 0 Å². The number of fused-ring (bicyclic) bond motifs is 3. The average molecular weight is 369 g/mol. The van der Waals surface area contributed by atoms with E-state index in [0.29, 0.717) is 5.65 Å². The minimum absolute atomic E-state index is 0.0149. The van der Waals surface area contributed by atoms with Gasteiger partial charge in [0.05, 0.1) is 11.0 Å². The van der Waals surface area contributed by atoms with Crippen molar-refractivity contribution in [3.8, 4) is 0 Å². The maximum absolute atomic E-state index is 12.0. The summed E-state index contributed by atoms with van der Waals surface area (Å²) >= 11 is 0. The monoisotopic (exact) mass is 369 g/mol. The highest BCUT2D eigenvalue weighted by molar-refractivity contribution is 5.94. The molecule has 0 radical (unpaired) electrons. The number of anilines is 2. The summed E-state index contributed by atoms with van der Waals surface area (Å²) in [6.45, 7) is 7.47. The van der Waals surface area contributed by atoms with Crippen molar-refractivity contribution in [2.45, 2.75) is 33.6 Å². The fourth-order valence-electron chi connectivity index (χ4n) is 2.89. The van der Waals surface area contributed by atoms with Gasteiger partial charge in [-0.2, -0.15) is 0 Å². The zero-order valence-electron chi connectivity index (χ0n) is 16.3. The van der Waals surface area contributed by atoms with Crippen LogP contribution in [0.15, 0.2) is 18.2 Å². The fraction of sp³-hybridized carbons (Fsp3) is 0.474. The lowest BCUT2D eigenvalue weighted by atomic mass is 10.2. The van der Waals surface area contributed by atoms with Crippen LogP contribution in [0.3, 0.4) is 0 Å². The largest absolute Gasteiger partial charge is 0.367 e. The second-order valence-corrected chi connectivity index (χ2v) is 6.95. The zero-order valence-corrected chi connectivity index (χ0v) is 16.3. The third kappa shape index (κ3) is 4.16. The van der Waals surface area contributed by atoms with Crippen LogP contribution in [0.2, 0.25) is 0 Å². The van der Waals surface area contributed by atoms with Crippen molar-refractivity contribution in [1.29, 1.82) is 0 Å². The first-order valence-corrected chi connectivity index (χ1v) is 9.36. The molecule has 0 saturated heterocycles. The van der Waals surface area contributed by atoms with Crippen molar-refractivity contribution in [1.82, 2.24) is 24.9 Å². The van der Waals surface area contributed by atoms with Crippen LogP contribution in [-0.2, 0) is 4.79 Å². The van der Waals surface area contributed by atoms with Gasteiger partial charge in [-0.3, -0.25) is 9.20 Å². The van der Waals surface area contributed by atoms with Crippen LogP contribution in [-0.4, -0.2) is 45.6 Å². The van der Waals surface area contributed by atoms with Gasteiger partial charge in [0.2, 0.25) is 11.6 Å². The number of amides is 1. The molecule has 1 amide bonds. The van der Waals surface area contributed by atoms with Gasteiger partial charge in [0.25, 0.3) is 0 Å². The third-order valence-corrected chi connectivity index (χ3v) is 4.42. The normalized spacial score (nSPS) is 11.4. The molecule has 144 valence electrons. The molecule has 3 aromatic rings. The summed E-state index contributed by atoms with van der Waals surface area (Å²) in [5.74, 6) is 1.42. The topological polar surface area (TPSA) is 96.2 Å². The van der Waals surface area contributed by atoms with E-state index in [1.807, 2.05) is 50.4 Å². The van der Waals surface area contributed by atoms with Crippen LogP contribution in [0, 0.1) is 12.8 Å². The van der Waals surface area contributed by atoms with Crippen molar-refractivity contribution in [2.75, 3.05) is 30.8 Å². The number of unbranched alkanes of at least 4 members (excludes halogenated alkanes) is 1. The van der Waals surface area contributed by atoms with E-state index in [1.165, 1.54) is 0 Å². The Morgan fingerprint density at radius 1 is 1.19 bits per heavy atom. The standard InChI is InChI=1S/C19H27N7O/c1-12(2)19(27)22-14-7-8-15-16(11-14)26-13(3)24-25-18(26)17(23-15)21-10-6-5-9-20-4/h7-8,11-12,20H,5-6,9-10H2,1-4H3,(H,21,23)(H,22,27). The number of carbonyl (C=O) groups excluding carboxylic acids is 1. The SMILES string of the molecule is CNCCCCNc1nc2ccc(NC(=O)C(C)C)cc2n2c(C)nnc12. The lowest BCUT2D eigenvalue weighted by Gasteiger charge is -2.12. The Morgan fingerprint density at radius 2 is 1.96 bits per heavy atom. The molecule has 2 aromatic heterocycles. The number of aryl methyl sites for hydroxylation is 1. The Morgan fingerprint density at radius 3 is 2.70 bits per heavy atom. The summed E-state index contributed by atoms with van der Waals surface area (Å²) in [7, 11) is 1.96. The number of aromatic nitrogens is 4. The maximum Gasteiger partial charge on any atom is 0.226 e. The van der Waals surface area contributed by atoms with Gasteiger partial charge < -0.3 is 16.0 Å². The number of benzene rings is 1. The zero-order chi connectivity index (χ0) is 19.4. The second kappa shape index (κ2) is 8.30. The fourth-order valence-corrected chi connectivity index (χ4v) is 2.89. The number of carbonyl (C=O) groups is 1. The predicted octanol–water partition coefficient (Wildman–Crippen LogP) is 2.59. The molecule has 1 aromatic carbocycles. The molecule has 3 N–H and O–H groups in total. The Bertz CT molecular complexity index is 948. The molecular weight excluding hydrogens is 342 g/mol. The van der Waals surface area contributed by atoms with Crippen molar-refractivity contribution < 1.29 is 4.79 Å². The van der Waals surface area contributed by atoms with Gasteiger partial charge in [0.1, 0.15) is 5.82 Å². The molecule has 0 bridgehead atoms. The molecule has 0 fully saturated rings. The van der Waals surface area contributed by atoms with E-state index in [0.717, 1.165) is 54.3 Å². The number of hydrogen-bond donors (Lipinski definition) is 3. The molecule has 2 heterocycles. The molecule has 8 nitrogen and oxygen atoms in total. The molecular formula is C19H27N7O. The van der Waals surface area contributed by atoms with Gasteiger partial charge in [-0.05, 0) is 51.6 Å². The quantitative estimate of drug-likeness (QED) is 0.528. The highest BCUT2D eigenvalue weighted by Crippen LogP contribution is 2.24. The number of nitrogens with one attached hydrogen (secondary N) is 3. The van der Waals surface area contributed by atoms with Crippen LogP contribution in [0.25, 0.3) is 16.7 Å². The summed E-state index contributed by atoms with van der Waals surface area (Å²) in [5, 5.41) is 18.0. The summed E-state index contributed by atoms with van der Waals surface area (Å²) in [5.41, 5.74) is 3.13. The maximum atomic E-state index is 12.0. The van der Waals surface area contributed by atoms with Crippen molar-refractivity contribution in [3.05, 3.63) is 24.0 Å². The molecule has 0 aliphatic carbocycles. The molecule has 27 heavy (non-hydrogen) atoms. The molecule has 0 aliphatic rings. The van der Waals surface area contributed by atoms with E-state index in [1.54, 1.807) is 0 Å². The van der Waals surface area contributed by atoms with Gasteiger partial charge in [-0.1, -0.05) is 13.8 Å². The Kier molecular flexibility index (Phi) is 5.85. The van der Waals surface area contributed by atoms with E-state index >= 15 is 0 Å². The molecule has 0 unspecified atom stereocenters. The first-order chi connectivity index (χ1) is 13.0. The van der Waals surface area contributed by atoms with Gasteiger partial charge in [-0.25, -0.2) is 4.98 Å². The van der Waals surface area contributed by atoms with E-state index in [2.05, 4.69) is 26.1 Å². The average Bonchev–Trinajstić information content (AvgIpc) is 3.04. The van der Waals surface area contributed by atoms with E-state index in [9.17, 15) is 4.79 Å². The Hall–Kier alpha value is -2.74. The van der Waals surface area contributed by atoms with Crippen LogP contribution < -0.4 is 16.0 Å². The summed E-state index contributed by atoms with van der Waals surface area (Å²) < 4.78 is 1.98. The molecule has 0 atom stereocenters. The molecule has 0 aliphatic heterocycles. The molecule has 8 heteroatoms. The Labute approximate surface area is 158 Å². The number of rotatable bonds is 8. The number of nitrogens with zero attached hydrogens (tertiary/aromatic N) is 4. The van der Waals surface area contributed by atoms with E-state index in [-0.39, 0.29) is 11.8 Å². The van der Waals surface area contributed by atoms with Crippen LogP contribution in [0.5, 0.6) is 0 Å². The van der Waals surface area contributed by atoms with Crippen molar-refractivity contribution in [3.63, 3.8) is 0 Å². The van der Waals surface area contributed by atoms with Crippen molar-refractivity contribution >= 4 is 34.1 Å². The minimum Gasteiger partial charge on any atom is -0.367 e. The summed E-state index contributed by atoms with van der Waals surface area (Å²) in [4.78, 5) is 16.7. The van der Waals surface area contributed by atoms with Gasteiger partial charge >= 0.3 is 0 Å². The third-order valence-electron chi connectivity index (χ3n) is 4.42. The minimum atomic E-state index is -0.0787.